The summed E-state index contributed by atoms with van der Waals surface area (Å²) in [5.74, 6) is -0.636. The molecule has 1 aromatic carbocycles. The second-order valence-electron chi connectivity index (χ2n) is 9.08. The van der Waals surface area contributed by atoms with Gasteiger partial charge in [-0.25, -0.2) is 18.7 Å². The fourth-order valence-corrected chi connectivity index (χ4v) is 3.67. The van der Waals surface area contributed by atoms with Gasteiger partial charge in [-0.3, -0.25) is 14.3 Å². The van der Waals surface area contributed by atoms with Crippen LogP contribution in [0.1, 0.15) is 37.9 Å². The van der Waals surface area contributed by atoms with Gasteiger partial charge in [0.15, 0.2) is 0 Å². The molecule has 0 aliphatic rings. The van der Waals surface area contributed by atoms with E-state index in [2.05, 4.69) is 15.0 Å². The van der Waals surface area contributed by atoms with Gasteiger partial charge in [0.05, 0.1) is 17.6 Å². The molecule has 4 rings (SSSR count). The van der Waals surface area contributed by atoms with E-state index in [9.17, 15) is 13.6 Å². The molecule has 0 unspecified atom stereocenters. The average Bonchev–Trinajstić information content (AvgIpc) is 2.81. The number of nitrogens with zero attached hydrogens (tertiary/aromatic N) is 4. The summed E-state index contributed by atoms with van der Waals surface area (Å²) in [6.45, 7) is 7.59. The van der Waals surface area contributed by atoms with Crippen molar-refractivity contribution in [3.8, 4) is 22.7 Å². The molecule has 9 heteroatoms. The second kappa shape index (κ2) is 9.54. The van der Waals surface area contributed by atoms with Crippen LogP contribution >= 0.6 is 11.6 Å². The topological polar surface area (TPSA) is 69.9 Å². The highest BCUT2D eigenvalue weighted by molar-refractivity contribution is 6.31. The van der Waals surface area contributed by atoms with Crippen molar-refractivity contribution in [1.29, 1.82) is 0 Å². The van der Waals surface area contributed by atoms with Gasteiger partial charge in [-0.05, 0) is 31.2 Å². The van der Waals surface area contributed by atoms with Crippen molar-refractivity contribution >= 4 is 11.6 Å². The molecule has 3 heterocycles. The van der Waals surface area contributed by atoms with E-state index in [1.165, 1.54) is 10.6 Å². The predicted octanol–water partition coefficient (Wildman–Crippen LogP) is 5.81. The summed E-state index contributed by atoms with van der Waals surface area (Å²) in [6.07, 6.45) is 4.91. The van der Waals surface area contributed by atoms with Gasteiger partial charge in [0.1, 0.15) is 34.8 Å². The summed E-state index contributed by atoms with van der Waals surface area (Å²) in [4.78, 5) is 26.4. The summed E-state index contributed by atoms with van der Waals surface area (Å²) in [7, 11) is 0. The summed E-state index contributed by atoms with van der Waals surface area (Å²) < 4.78 is 34.1. The molecule has 180 valence electrons. The van der Waals surface area contributed by atoms with Crippen molar-refractivity contribution < 1.29 is 13.5 Å². The third-order valence-corrected chi connectivity index (χ3v) is 5.65. The Bertz CT molecular complexity index is 1460. The van der Waals surface area contributed by atoms with E-state index in [4.69, 9.17) is 16.3 Å². The van der Waals surface area contributed by atoms with Gasteiger partial charge >= 0.3 is 0 Å². The molecule has 6 nitrogen and oxygen atoms in total. The van der Waals surface area contributed by atoms with Gasteiger partial charge in [-0.15, -0.1) is 0 Å². The zero-order chi connectivity index (χ0) is 25.3. The molecule has 0 N–H and O–H groups in total. The third kappa shape index (κ3) is 5.22. The van der Waals surface area contributed by atoms with E-state index in [0.717, 1.165) is 12.1 Å². The molecule has 4 aromatic rings. The fourth-order valence-electron chi connectivity index (χ4n) is 3.47. The molecule has 0 saturated heterocycles. The Balaban J connectivity index is 1.67. The molecule has 0 aliphatic heterocycles. The zero-order valence-corrected chi connectivity index (χ0v) is 20.4. The molecular weight excluding hydrogens is 474 g/mol. The molecule has 35 heavy (non-hydrogen) atoms. The van der Waals surface area contributed by atoms with Gasteiger partial charge in [0.2, 0.25) is 0 Å². The summed E-state index contributed by atoms with van der Waals surface area (Å²) in [6, 6.07) is 8.34. The van der Waals surface area contributed by atoms with Crippen LogP contribution in [-0.2, 0) is 12.0 Å². The van der Waals surface area contributed by atoms with Crippen LogP contribution in [0.4, 0.5) is 8.78 Å². The first-order valence-corrected chi connectivity index (χ1v) is 11.2. The number of rotatable bonds is 5. The summed E-state index contributed by atoms with van der Waals surface area (Å²) in [5.41, 5.74) is 1.82. The average molecular weight is 497 g/mol. The predicted molar refractivity (Wildman–Crippen MR) is 130 cm³/mol. The molecule has 3 aromatic heterocycles. The van der Waals surface area contributed by atoms with E-state index >= 15 is 0 Å². The molecule has 0 saturated carbocycles. The number of ether oxygens (including phenoxy) is 1. The standard InChI is InChI=1S/C26H23ClF2N4O2/c1-15-9-22(35-14-16-5-6-18(28)11-20(16)29)23(27)24(34)33(15)19-10-17(12-30-13-19)21-7-8-31-25(32-21)26(2,3)4/h5-13H,14H2,1-4H3. The van der Waals surface area contributed by atoms with Crippen molar-refractivity contribution in [3.63, 3.8) is 0 Å². The quantitative estimate of drug-likeness (QED) is 0.349. The van der Waals surface area contributed by atoms with Crippen LogP contribution in [0.5, 0.6) is 5.75 Å². The van der Waals surface area contributed by atoms with Crippen LogP contribution in [0.25, 0.3) is 16.9 Å². The lowest BCUT2D eigenvalue weighted by Gasteiger charge is -2.17. The lowest BCUT2D eigenvalue weighted by Crippen LogP contribution is -2.22. The third-order valence-electron chi connectivity index (χ3n) is 5.30. The Hall–Kier alpha value is -3.65. The largest absolute Gasteiger partial charge is 0.487 e. The zero-order valence-electron chi connectivity index (χ0n) is 19.6. The highest BCUT2D eigenvalue weighted by Crippen LogP contribution is 2.27. The number of halogens is 3. The van der Waals surface area contributed by atoms with Crippen molar-refractivity contribution in [1.82, 2.24) is 19.5 Å². The Morgan fingerprint density at radius 1 is 1.09 bits per heavy atom. The van der Waals surface area contributed by atoms with Crippen LogP contribution < -0.4 is 10.3 Å². The normalized spacial score (nSPS) is 11.5. The van der Waals surface area contributed by atoms with Crippen molar-refractivity contribution in [2.24, 2.45) is 0 Å². The summed E-state index contributed by atoms with van der Waals surface area (Å²) in [5, 5.41) is -0.166. The lowest BCUT2D eigenvalue weighted by molar-refractivity contribution is 0.298. The molecule has 0 aliphatic carbocycles. The highest BCUT2D eigenvalue weighted by atomic mass is 35.5. The summed E-state index contributed by atoms with van der Waals surface area (Å²) >= 11 is 6.33. The minimum absolute atomic E-state index is 0.101. The number of aryl methyl sites for hydroxylation is 1. The number of hydrogen-bond donors (Lipinski definition) is 0. The Morgan fingerprint density at radius 2 is 1.86 bits per heavy atom. The molecule has 0 fully saturated rings. The van der Waals surface area contributed by atoms with Crippen molar-refractivity contribution in [3.05, 3.63) is 99.1 Å². The molecule has 0 atom stereocenters. The minimum Gasteiger partial charge on any atom is -0.487 e. The minimum atomic E-state index is -0.742. The number of aromatic nitrogens is 4. The van der Waals surface area contributed by atoms with E-state index in [1.54, 1.807) is 43.7 Å². The number of pyridine rings is 2. The maximum absolute atomic E-state index is 13.9. The maximum Gasteiger partial charge on any atom is 0.277 e. The van der Waals surface area contributed by atoms with Gasteiger partial charge in [-0.2, -0.15) is 0 Å². The Morgan fingerprint density at radius 3 is 2.57 bits per heavy atom. The first kappa shape index (κ1) is 24.5. The van der Waals surface area contributed by atoms with Gasteiger partial charge < -0.3 is 4.74 Å². The molecule has 0 radical (unpaired) electrons. The first-order valence-electron chi connectivity index (χ1n) is 10.8. The van der Waals surface area contributed by atoms with Crippen molar-refractivity contribution in [2.75, 3.05) is 0 Å². The molecule has 0 spiro atoms. The van der Waals surface area contributed by atoms with Gasteiger partial charge in [0, 0.05) is 46.8 Å². The monoisotopic (exact) mass is 496 g/mol. The van der Waals surface area contributed by atoms with E-state index in [1.807, 2.05) is 20.8 Å². The SMILES string of the molecule is Cc1cc(OCc2ccc(F)cc2F)c(Cl)c(=O)n1-c1cncc(-c2ccnc(C(C)(C)C)n2)c1. The maximum atomic E-state index is 13.9. The van der Waals surface area contributed by atoms with Crippen LogP contribution in [0.2, 0.25) is 5.02 Å². The van der Waals surface area contributed by atoms with Crippen LogP contribution in [0.15, 0.2) is 59.8 Å². The van der Waals surface area contributed by atoms with Crippen LogP contribution in [-0.4, -0.2) is 19.5 Å². The van der Waals surface area contributed by atoms with E-state index in [0.29, 0.717) is 28.5 Å². The smallest absolute Gasteiger partial charge is 0.277 e. The van der Waals surface area contributed by atoms with E-state index in [-0.39, 0.29) is 28.4 Å². The van der Waals surface area contributed by atoms with Gasteiger partial charge in [-0.1, -0.05) is 32.4 Å². The highest BCUT2D eigenvalue weighted by Gasteiger charge is 2.19. The van der Waals surface area contributed by atoms with Gasteiger partial charge in [0.25, 0.3) is 5.56 Å². The van der Waals surface area contributed by atoms with Crippen LogP contribution in [0.3, 0.4) is 0 Å². The fraction of sp³-hybridized carbons (Fsp3) is 0.231. The molecule has 0 amide bonds. The Labute approximate surface area is 206 Å². The molecular formula is C26H23ClF2N4O2. The number of benzene rings is 1. The number of hydrogen-bond acceptors (Lipinski definition) is 5. The van der Waals surface area contributed by atoms with Crippen molar-refractivity contribution in [2.45, 2.75) is 39.7 Å². The first-order chi connectivity index (χ1) is 16.5. The van der Waals surface area contributed by atoms with E-state index < -0.39 is 17.2 Å². The molecule has 0 bridgehead atoms. The second-order valence-corrected chi connectivity index (χ2v) is 9.45. The lowest BCUT2D eigenvalue weighted by atomic mass is 9.95. The Kier molecular flexibility index (Phi) is 6.67. The van der Waals surface area contributed by atoms with Crippen LogP contribution in [0, 0.1) is 18.6 Å².